The van der Waals surface area contributed by atoms with Crippen LogP contribution in [0.2, 0.25) is 0 Å². The molecule has 0 saturated carbocycles. The largest absolute Gasteiger partial charge is 0.422 e. The maximum atomic E-state index is 14.1. The number of rotatable bonds is 10. The highest BCUT2D eigenvalue weighted by Gasteiger charge is 2.41. The Morgan fingerprint density at radius 2 is 1.41 bits per heavy atom. The minimum atomic E-state index is -4.87. The lowest BCUT2D eigenvalue weighted by Crippen LogP contribution is -2.37. The van der Waals surface area contributed by atoms with Crippen molar-refractivity contribution >= 4 is 62.0 Å². The topological polar surface area (TPSA) is 193 Å². The maximum Gasteiger partial charge on any atom is 0.422 e. The Morgan fingerprint density at radius 3 is 1.78 bits per heavy atom. The van der Waals surface area contributed by atoms with Crippen molar-refractivity contribution < 1.29 is 41.3 Å². The first-order valence-electron chi connectivity index (χ1n) is 9.49. The van der Waals surface area contributed by atoms with Crippen LogP contribution in [0, 0.1) is 48.9 Å². The summed E-state index contributed by atoms with van der Waals surface area (Å²) in [6.07, 6.45) is -0.920. The van der Waals surface area contributed by atoms with Crippen molar-refractivity contribution in [3.05, 3.63) is 82.9 Å². The molecule has 0 spiro atoms. The highest BCUT2D eigenvalue weighted by atomic mass is 35.6. The molecule has 0 fully saturated rings. The molecule has 0 aromatic heterocycles. The molecule has 0 aliphatic carbocycles. The highest BCUT2D eigenvalue weighted by molar-refractivity contribution is 7.85. The van der Waals surface area contributed by atoms with E-state index in [1.165, 1.54) is 0 Å². The molecule has 0 bridgehead atoms. The van der Waals surface area contributed by atoms with Crippen LogP contribution in [0.1, 0.15) is 23.1 Å². The molecular formula is C18H14Cl3F2N3O10S. The number of hydrogen-bond acceptors (Lipinski definition) is 10. The third-order valence-corrected chi connectivity index (χ3v) is 6.40. The van der Waals surface area contributed by atoms with Crippen molar-refractivity contribution in [2.45, 2.75) is 28.5 Å². The minimum Gasteiger partial charge on any atom is -0.383 e. The fourth-order valence-corrected chi connectivity index (χ4v) is 4.82. The molecule has 37 heavy (non-hydrogen) atoms. The standard InChI is InChI=1S/C18H14Cl3F2N3O10S/c1-9-12(22)4-11(5-13(9)23)17(27,7-18(19,20)21)8-36-37(34,35)6-10-2-14(24(28)29)16(26(32)33)15(3-10)25(30)31/h2-5,27H,6-8H2,1H3. The Morgan fingerprint density at radius 1 is 0.946 bits per heavy atom. The number of hydrogen-bond donors (Lipinski definition) is 1. The zero-order valence-corrected chi connectivity index (χ0v) is 21.3. The van der Waals surface area contributed by atoms with E-state index in [9.17, 15) is 52.6 Å². The monoisotopic (exact) mass is 607 g/mol. The van der Waals surface area contributed by atoms with Crippen LogP contribution in [0.3, 0.4) is 0 Å². The van der Waals surface area contributed by atoms with Gasteiger partial charge in [0.25, 0.3) is 10.1 Å². The van der Waals surface area contributed by atoms with Crippen molar-refractivity contribution in [2.75, 3.05) is 6.61 Å². The Kier molecular flexibility index (Phi) is 8.99. The first-order chi connectivity index (χ1) is 16.8. The van der Waals surface area contributed by atoms with Crippen molar-refractivity contribution in [3.63, 3.8) is 0 Å². The van der Waals surface area contributed by atoms with Crippen LogP contribution in [0.5, 0.6) is 0 Å². The van der Waals surface area contributed by atoms with E-state index < -0.39 is 98.4 Å². The van der Waals surface area contributed by atoms with Gasteiger partial charge in [0.1, 0.15) is 23.0 Å². The lowest BCUT2D eigenvalue weighted by atomic mass is 9.91. The molecule has 2 rings (SSSR count). The summed E-state index contributed by atoms with van der Waals surface area (Å²) in [7, 11) is -4.87. The molecule has 1 atom stereocenters. The van der Waals surface area contributed by atoms with Crippen LogP contribution in [0.4, 0.5) is 25.8 Å². The zero-order chi connectivity index (χ0) is 28.5. The van der Waals surface area contributed by atoms with E-state index in [0.717, 1.165) is 6.92 Å². The second-order valence-corrected chi connectivity index (χ2v) is 11.8. The number of nitro benzene ring substituents is 3. The molecule has 0 heterocycles. The van der Waals surface area contributed by atoms with Gasteiger partial charge in [0.05, 0.1) is 21.4 Å². The first-order valence-corrected chi connectivity index (χ1v) is 12.2. The van der Waals surface area contributed by atoms with E-state index >= 15 is 0 Å². The molecule has 19 heteroatoms. The number of aliphatic hydroxyl groups is 1. The van der Waals surface area contributed by atoms with Gasteiger partial charge in [-0.05, 0) is 30.2 Å². The number of alkyl halides is 3. The predicted octanol–water partition coefficient (Wildman–Crippen LogP) is 4.49. The third-order valence-electron chi connectivity index (χ3n) is 4.84. The Bertz CT molecular complexity index is 1330. The molecule has 1 unspecified atom stereocenters. The van der Waals surface area contributed by atoms with Gasteiger partial charge in [-0.25, -0.2) is 8.78 Å². The molecule has 0 amide bonds. The lowest BCUT2D eigenvalue weighted by Gasteiger charge is -2.31. The van der Waals surface area contributed by atoms with Crippen LogP contribution in [-0.2, 0) is 25.7 Å². The van der Waals surface area contributed by atoms with Gasteiger partial charge in [-0.3, -0.25) is 34.5 Å². The van der Waals surface area contributed by atoms with E-state index in [1.54, 1.807) is 0 Å². The zero-order valence-electron chi connectivity index (χ0n) is 18.2. The average Bonchev–Trinajstić information content (AvgIpc) is 2.73. The van der Waals surface area contributed by atoms with Crippen LogP contribution in [0.15, 0.2) is 24.3 Å². The summed E-state index contributed by atoms with van der Waals surface area (Å²) in [4.78, 5) is 29.5. The van der Waals surface area contributed by atoms with Gasteiger partial charge in [0, 0.05) is 24.1 Å². The normalized spacial score (nSPS) is 13.7. The molecule has 2 aromatic rings. The second kappa shape index (κ2) is 10.9. The summed E-state index contributed by atoms with van der Waals surface area (Å²) < 4.78 is 55.7. The summed E-state index contributed by atoms with van der Waals surface area (Å²) in [5.41, 5.74) is -8.43. The van der Waals surface area contributed by atoms with Gasteiger partial charge in [-0.1, -0.05) is 34.8 Å². The summed E-state index contributed by atoms with van der Waals surface area (Å²) in [5.74, 6) is -3.54. The first kappa shape index (κ1) is 30.5. The fourth-order valence-electron chi connectivity index (χ4n) is 3.12. The van der Waals surface area contributed by atoms with Crippen molar-refractivity contribution in [1.29, 1.82) is 0 Å². The van der Waals surface area contributed by atoms with Crippen LogP contribution < -0.4 is 0 Å². The fraction of sp³-hybridized carbons (Fsp3) is 0.333. The molecule has 202 valence electrons. The van der Waals surface area contributed by atoms with Gasteiger partial charge in [0.15, 0.2) is 3.79 Å². The Hall–Kier alpha value is -2.76. The van der Waals surface area contributed by atoms with E-state index in [2.05, 4.69) is 0 Å². The quantitative estimate of drug-likeness (QED) is 0.174. The molecule has 13 nitrogen and oxygen atoms in total. The predicted molar refractivity (Wildman–Crippen MR) is 125 cm³/mol. The third kappa shape index (κ3) is 7.62. The van der Waals surface area contributed by atoms with Crippen molar-refractivity contribution in [1.82, 2.24) is 0 Å². The number of nitro groups is 3. The van der Waals surface area contributed by atoms with Gasteiger partial charge >= 0.3 is 17.1 Å². The van der Waals surface area contributed by atoms with Crippen LogP contribution in [-0.4, -0.2) is 38.7 Å². The summed E-state index contributed by atoms with van der Waals surface area (Å²) in [6, 6.07) is 2.16. The molecule has 1 N–H and O–H groups in total. The number of halogens is 5. The molecular weight excluding hydrogens is 595 g/mol. The van der Waals surface area contributed by atoms with E-state index in [-0.39, 0.29) is 0 Å². The van der Waals surface area contributed by atoms with Gasteiger partial charge in [0.2, 0.25) is 0 Å². The number of nitrogens with zero attached hydrogens (tertiary/aromatic N) is 3. The maximum absolute atomic E-state index is 14.1. The SMILES string of the molecule is Cc1c(F)cc(C(O)(COS(=O)(=O)Cc2cc([N+](=O)[O-])c([N+](=O)[O-])c([N+](=O)[O-])c2)CC(Cl)(Cl)Cl)cc1F. The van der Waals surface area contributed by atoms with Gasteiger partial charge in [-0.15, -0.1) is 0 Å². The van der Waals surface area contributed by atoms with Gasteiger partial charge in [-0.2, -0.15) is 8.42 Å². The summed E-state index contributed by atoms with van der Waals surface area (Å²) in [5, 5.41) is 44.5. The summed E-state index contributed by atoms with van der Waals surface area (Å²) in [6.45, 7) is -0.186. The van der Waals surface area contributed by atoms with Crippen molar-refractivity contribution in [2.24, 2.45) is 0 Å². The minimum absolute atomic E-state index is 0.421. The molecule has 0 radical (unpaired) electrons. The van der Waals surface area contributed by atoms with E-state index in [0.29, 0.717) is 24.3 Å². The second-order valence-electron chi connectivity index (χ2n) is 7.61. The van der Waals surface area contributed by atoms with Crippen LogP contribution in [0.25, 0.3) is 0 Å². The lowest BCUT2D eigenvalue weighted by molar-refractivity contribution is -0.441. The highest BCUT2D eigenvalue weighted by Crippen LogP contribution is 2.41. The van der Waals surface area contributed by atoms with E-state index in [4.69, 9.17) is 39.0 Å². The average molecular weight is 609 g/mol. The van der Waals surface area contributed by atoms with E-state index in [1.807, 2.05) is 0 Å². The van der Waals surface area contributed by atoms with Crippen LogP contribution >= 0.6 is 34.8 Å². The molecule has 0 aliphatic heterocycles. The van der Waals surface area contributed by atoms with Gasteiger partial charge < -0.3 is 5.11 Å². The molecule has 0 aliphatic rings. The molecule has 2 aromatic carbocycles. The number of benzene rings is 2. The van der Waals surface area contributed by atoms with Crippen molar-refractivity contribution in [3.8, 4) is 0 Å². The summed E-state index contributed by atoms with van der Waals surface area (Å²) >= 11 is 17.1. The molecule has 0 saturated heterocycles. The Labute approximate surface area is 221 Å². The Balaban J connectivity index is 2.47. The smallest absolute Gasteiger partial charge is 0.383 e.